The first-order chi connectivity index (χ1) is 12.6. The molecule has 0 radical (unpaired) electrons. The summed E-state index contributed by atoms with van der Waals surface area (Å²) in [6, 6.07) is 21.3. The van der Waals surface area contributed by atoms with Crippen LogP contribution in [0, 0.1) is 0 Å². The molecule has 7 heteroatoms. The van der Waals surface area contributed by atoms with Crippen LogP contribution in [-0.4, -0.2) is 22.7 Å². The van der Waals surface area contributed by atoms with Gasteiger partial charge in [0.1, 0.15) is 5.82 Å². The summed E-state index contributed by atoms with van der Waals surface area (Å²) in [5.41, 5.74) is 1.67. The molecule has 132 valence electrons. The van der Waals surface area contributed by atoms with Crippen LogP contribution < -0.4 is 4.90 Å². The van der Waals surface area contributed by atoms with Gasteiger partial charge in [-0.3, -0.25) is 4.90 Å². The van der Waals surface area contributed by atoms with Crippen LogP contribution in [0.2, 0.25) is 0 Å². The molecule has 1 aromatic heterocycles. The molecule has 4 rings (SSSR count). The topological polar surface area (TPSA) is 62.6 Å². The molecule has 2 aromatic carbocycles. The van der Waals surface area contributed by atoms with Gasteiger partial charge in [-0.1, -0.05) is 60.7 Å². The predicted octanol–water partition coefficient (Wildman–Crippen LogP) is 3.22. The lowest BCUT2D eigenvalue weighted by molar-refractivity contribution is 0.225. The minimum atomic E-state index is -3.95. The fourth-order valence-electron chi connectivity index (χ4n) is 3.01. The van der Waals surface area contributed by atoms with Crippen molar-refractivity contribution in [2.45, 2.75) is 13.1 Å². The van der Waals surface area contributed by atoms with Crippen molar-refractivity contribution in [2.75, 3.05) is 4.90 Å². The van der Waals surface area contributed by atoms with E-state index in [2.05, 4.69) is 0 Å². The highest BCUT2D eigenvalue weighted by Crippen LogP contribution is 2.30. The summed E-state index contributed by atoms with van der Waals surface area (Å²) in [6.45, 7) is 0.287. The van der Waals surface area contributed by atoms with E-state index < -0.39 is 16.2 Å². The Hall–Kier alpha value is -3.06. The molecule has 1 aliphatic rings. The zero-order valence-corrected chi connectivity index (χ0v) is 14.7. The normalized spacial score (nSPS) is 15.8. The lowest BCUT2D eigenvalue weighted by atomic mass is 10.2. The number of aromatic nitrogens is 1. The van der Waals surface area contributed by atoms with Crippen LogP contribution in [0.4, 0.5) is 10.6 Å². The summed E-state index contributed by atoms with van der Waals surface area (Å²) < 4.78 is 27.9. The largest absolute Gasteiger partial charge is 0.341 e. The summed E-state index contributed by atoms with van der Waals surface area (Å²) in [6.07, 6.45) is 1.47. The van der Waals surface area contributed by atoms with Crippen LogP contribution in [0.1, 0.15) is 11.1 Å². The molecule has 0 saturated carbocycles. The fraction of sp³-hybridized carbons (Fsp3) is 0.105. The Balaban J connectivity index is 1.75. The number of fused-ring (bicyclic) bond motifs is 1. The molecule has 0 atom stereocenters. The second-order valence-corrected chi connectivity index (χ2v) is 7.75. The number of benzene rings is 2. The Labute approximate surface area is 152 Å². The molecular weight excluding hydrogens is 350 g/mol. The Morgan fingerprint density at radius 1 is 0.731 bits per heavy atom. The summed E-state index contributed by atoms with van der Waals surface area (Å²) in [4.78, 5) is 14.6. The highest BCUT2D eigenvalue weighted by Gasteiger charge is 2.40. The SMILES string of the molecule is O=C1N(Cc2ccccc2)c2cccn2S(=O)(=O)N1Cc1ccccc1. The van der Waals surface area contributed by atoms with E-state index >= 15 is 0 Å². The van der Waals surface area contributed by atoms with E-state index in [4.69, 9.17) is 0 Å². The molecule has 2 amide bonds. The first-order valence-corrected chi connectivity index (χ1v) is 9.57. The molecule has 0 N–H and O–H groups in total. The summed E-state index contributed by atoms with van der Waals surface area (Å²) in [5, 5.41) is 0. The zero-order valence-electron chi connectivity index (χ0n) is 13.9. The van der Waals surface area contributed by atoms with E-state index in [-0.39, 0.29) is 6.54 Å². The maximum Gasteiger partial charge on any atom is 0.341 e. The van der Waals surface area contributed by atoms with Gasteiger partial charge in [-0.2, -0.15) is 12.7 Å². The van der Waals surface area contributed by atoms with Crippen LogP contribution in [0.5, 0.6) is 0 Å². The predicted molar refractivity (Wildman–Crippen MR) is 98.8 cm³/mol. The molecule has 0 bridgehead atoms. The van der Waals surface area contributed by atoms with Crippen molar-refractivity contribution in [1.29, 1.82) is 0 Å². The Kier molecular flexibility index (Phi) is 4.00. The van der Waals surface area contributed by atoms with Gasteiger partial charge in [-0.05, 0) is 23.3 Å². The third-order valence-corrected chi connectivity index (χ3v) is 5.94. The third kappa shape index (κ3) is 2.76. The van der Waals surface area contributed by atoms with Crippen molar-refractivity contribution < 1.29 is 13.2 Å². The highest BCUT2D eigenvalue weighted by atomic mass is 32.2. The maximum absolute atomic E-state index is 13.1. The van der Waals surface area contributed by atoms with Crippen LogP contribution in [0.25, 0.3) is 0 Å². The molecular formula is C19H17N3O3S. The molecule has 0 spiro atoms. The van der Waals surface area contributed by atoms with E-state index in [1.165, 1.54) is 11.1 Å². The lowest BCUT2D eigenvalue weighted by Gasteiger charge is -2.35. The standard InChI is InChI=1S/C19H17N3O3S/c23-19-20(14-16-8-3-1-4-9-16)18-12-7-13-21(18)26(24,25)22(19)15-17-10-5-2-6-11-17/h1-13H,14-15H2. The zero-order chi connectivity index (χ0) is 18.1. The molecule has 6 nitrogen and oxygen atoms in total. The third-order valence-electron chi connectivity index (χ3n) is 4.29. The Morgan fingerprint density at radius 3 is 1.92 bits per heavy atom. The maximum atomic E-state index is 13.1. The molecule has 3 aromatic rings. The summed E-state index contributed by atoms with van der Waals surface area (Å²) in [7, 11) is -3.95. The number of urea groups is 1. The minimum absolute atomic E-state index is 0.00901. The van der Waals surface area contributed by atoms with Gasteiger partial charge in [-0.25, -0.2) is 8.77 Å². The van der Waals surface area contributed by atoms with Gasteiger partial charge in [0.2, 0.25) is 0 Å². The van der Waals surface area contributed by atoms with E-state index in [9.17, 15) is 13.2 Å². The average molecular weight is 367 g/mol. The molecule has 26 heavy (non-hydrogen) atoms. The first kappa shape index (κ1) is 16.4. The van der Waals surface area contributed by atoms with Crippen molar-refractivity contribution >= 4 is 22.1 Å². The molecule has 0 aliphatic carbocycles. The van der Waals surface area contributed by atoms with Gasteiger partial charge in [0, 0.05) is 6.20 Å². The molecule has 0 saturated heterocycles. The highest BCUT2D eigenvalue weighted by molar-refractivity contribution is 7.88. The van der Waals surface area contributed by atoms with Gasteiger partial charge in [0.25, 0.3) is 0 Å². The Morgan fingerprint density at radius 2 is 1.31 bits per heavy atom. The number of amides is 2. The molecule has 0 fully saturated rings. The number of hydrogen-bond donors (Lipinski definition) is 0. The van der Waals surface area contributed by atoms with Gasteiger partial charge in [0.05, 0.1) is 13.1 Å². The average Bonchev–Trinajstić information content (AvgIpc) is 3.15. The fourth-order valence-corrected chi connectivity index (χ4v) is 4.45. The molecule has 0 unspecified atom stereocenters. The van der Waals surface area contributed by atoms with Crippen molar-refractivity contribution in [2.24, 2.45) is 0 Å². The van der Waals surface area contributed by atoms with Gasteiger partial charge in [-0.15, -0.1) is 0 Å². The number of hydrogen-bond acceptors (Lipinski definition) is 3. The number of carbonyl (C=O) groups is 1. The van der Waals surface area contributed by atoms with Crippen LogP contribution in [0.3, 0.4) is 0 Å². The molecule has 1 aliphatic heterocycles. The van der Waals surface area contributed by atoms with E-state index in [0.29, 0.717) is 12.4 Å². The van der Waals surface area contributed by atoms with Gasteiger partial charge >= 0.3 is 16.2 Å². The Bertz CT molecular complexity index is 1030. The number of carbonyl (C=O) groups excluding carboxylic acids is 1. The van der Waals surface area contributed by atoms with E-state index in [0.717, 1.165) is 19.4 Å². The van der Waals surface area contributed by atoms with Crippen molar-refractivity contribution in [1.82, 2.24) is 8.28 Å². The lowest BCUT2D eigenvalue weighted by Crippen LogP contribution is -2.52. The van der Waals surface area contributed by atoms with Gasteiger partial charge in [0.15, 0.2) is 0 Å². The smallest absolute Gasteiger partial charge is 0.274 e. The quantitative estimate of drug-likeness (QED) is 0.711. The van der Waals surface area contributed by atoms with E-state index in [1.54, 1.807) is 24.3 Å². The van der Waals surface area contributed by atoms with Crippen molar-refractivity contribution in [3.63, 3.8) is 0 Å². The number of nitrogens with zero attached hydrogens (tertiary/aromatic N) is 3. The monoisotopic (exact) mass is 367 g/mol. The van der Waals surface area contributed by atoms with Crippen molar-refractivity contribution in [3.8, 4) is 0 Å². The first-order valence-electron chi connectivity index (χ1n) is 8.17. The summed E-state index contributed by atoms with van der Waals surface area (Å²) >= 11 is 0. The second kappa shape index (κ2) is 6.34. The summed E-state index contributed by atoms with van der Waals surface area (Å²) in [5.74, 6) is 0.350. The van der Waals surface area contributed by atoms with E-state index in [1.807, 2.05) is 48.5 Å². The second-order valence-electron chi connectivity index (χ2n) is 6.02. The number of rotatable bonds is 4. The number of anilines is 1. The van der Waals surface area contributed by atoms with Crippen LogP contribution >= 0.6 is 0 Å². The van der Waals surface area contributed by atoms with Crippen molar-refractivity contribution in [3.05, 3.63) is 90.1 Å². The minimum Gasteiger partial charge on any atom is -0.274 e. The van der Waals surface area contributed by atoms with Gasteiger partial charge < -0.3 is 0 Å². The van der Waals surface area contributed by atoms with Crippen LogP contribution in [-0.2, 0) is 23.3 Å². The molecule has 2 heterocycles. The van der Waals surface area contributed by atoms with Crippen LogP contribution in [0.15, 0.2) is 79.0 Å².